The monoisotopic (exact) mass is 295 g/mol. The molecule has 0 fully saturated rings. The number of hydrogen-bond donors (Lipinski definition) is 2. The van der Waals surface area contributed by atoms with Gasteiger partial charge in [-0.25, -0.2) is 4.79 Å². The summed E-state index contributed by atoms with van der Waals surface area (Å²) in [5.41, 5.74) is 1.91. The predicted octanol–water partition coefficient (Wildman–Crippen LogP) is 2.28. The van der Waals surface area contributed by atoms with Gasteiger partial charge in [-0.15, -0.1) is 0 Å². The lowest BCUT2D eigenvalue weighted by atomic mass is 10.1. The summed E-state index contributed by atoms with van der Waals surface area (Å²) in [7, 11) is 0. The first-order valence-corrected chi connectivity index (χ1v) is 7.50. The van der Waals surface area contributed by atoms with Gasteiger partial charge in [0.15, 0.2) is 0 Å². The molecule has 21 heavy (non-hydrogen) atoms. The van der Waals surface area contributed by atoms with Crippen LogP contribution in [0.5, 0.6) is 0 Å². The van der Waals surface area contributed by atoms with E-state index in [4.69, 9.17) is 0 Å². The fourth-order valence-electron chi connectivity index (χ4n) is 2.35. The second-order valence-electron chi connectivity index (χ2n) is 5.28. The average Bonchev–Trinajstić information content (AvgIpc) is 2.69. The van der Waals surface area contributed by atoms with Crippen LogP contribution >= 0.6 is 0 Å². The number of carbonyl (C=O) groups is 2. The minimum atomic E-state index is -0.993. The second-order valence-corrected chi connectivity index (χ2v) is 5.28. The first-order chi connectivity index (χ1) is 9.92. The Morgan fingerprint density at radius 2 is 1.95 bits per heavy atom. The van der Waals surface area contributed by atoms with Crippen molar-refractivity contribution in [3.8, 4) is 0 Å². The van der Waals surface area contributed by atoms with Gasteiger partial charge >= 0.3 is 5.97 Å². The van der Waals surface area contributed by atoms with Gasteiger partial charge in [0.05, 0.1) is 11.3 Å². The Kier molecular flexibility index (Phi) is 6.39. The van der Waals surface area contributed by atoms with Gasteiger partial charge in [-0.1, -0.05) is 26.7 Å². The molecule has 1 atom stereocenters. The molecule has 0 aliphatic rings. The third-order valence-electron chi connectivity index (χ3n) is 3.49. The summed E-state index contributed by atoms with van der Waals surface area (Å²) in [4.78, 5) is 23.6. The third kappa shape index (κ3) is 4.31. The van der Waals surface area contributed by atoms with E-state index in [0.29, 0.717) is 17.7 Å². The maximum atomic E-state index is 12.4. The Hall–Kier alpha value is -1.85. The largest absolute Gasteiger partial charge is 0.480 e. The van der Waals surface area contributed by atoms with Crippen molar-refractivity contribution >= 4 is 11.9 Å². The van der Waals surface area contributed by atoms with Crippen LogP contribution < -0.4 is 5.32 Å². The maximum absolute atomic E-state index is 12.4. The lowest BCUT2D eigenvalue weighted by Gasteiger charge is -2.14. The van der Waals surface area contributed by atoms with Gasteiger partial charge in [-0.3, -0.25) is 9.48 Å². The van der Waals surface area contributed by atoms with Crippen molar-refractivity contribution in [3.05, 3.63) is 17.0 Å². The molecule has 0 aromatic carbocycles. The number of hydrogen-bond acceptors (Lipinski definition) is 3. The SMILES string of the molecule is CCCC[C@H](NC(=O)c1c(C)nn(CCC)c1C)C(=O)O. The van der Waals surface area contributed by atoms with E-state index in [2.05, 4.69) is 10.4 Å². The molecule has 0 saturated carbocycles. The fraction of sp³-hybridized carbons (Fsp3) is 0.667. The summed E-state index contributed by atoms with van der Waals surface area (Å²) in [6.45, 7) is 8.39. The molecule has 0 spiro atoms. The first-order valence-electron chi connectivity index (χ1n) is 7.50. The molecule has 2 N–H and O–H groups in total. The number of carboxylic acids is 1. The normalized spacial score (nSPS) is 12.2. The Balaban J connectivity index is 2.89. The molecule has 1 heterocycles. The molecule has 1 rings (SSSR count). The minimum Gasteiger partial charge on any atom is -0.480 e. The van der Waals surface area contributed by atoms with Crippen LogP contribution in [0.2, 0.25) is 0 Å². The van der Waals surface area contributed by atoms with E-state index in [-0.39, 0.29) is 5.91 Å². The molecular weight excluding hydrogens is 270 g/mol. The molecule has 118 valence electrons. The number of amides is 1. The molecule has 1 amide bonds. The lowest BCUT2D eigenvalue weighted by Crippen LogP contribution is -2.41. The molecule has 0 saturated heterocycles. The summed E-state index contributed by atoms with van der Waals surface area (Å²) in [5.74, 6) is -1.34. The number of nitrogens with zero attached hydrogens (tertiary/aromatic N) is 2. The van der Waals surface area contributed by atoms with E-state index in [1.165, 1.54) is 0 Å². The zero-order valence-electron chi connectivity index (χ0n) is 13.3. The summed E-state index contributed by atoms with van der Waals surface area (Å²) >= 11 is 0. The van der Waals surface area contributed by atoms with Gasteiger partial charge in [0, 0.05) is 12.2 Å². The standard InChI is InChI=1S/C15H25N3O3/c1-5-7-8-12(15(20)21)16-14(19)13-10(3)17-18(9-6-2)11(13)4/h12H,5-9H2,1-4H3,(H,16,19)(H,20,21)/t12-/m0/s1. The van der Waals surface area contributed by atoms with E-state index in [1.807, 2.05) is 20.8 Å². The molecule has 6 heteroatoms. The Morgan fingerprint density at radius 1 is 1.29 bits per heavy atom. The summed E-state index contributed by atoms with van der Waals surface area (Å²) in [6, 6.07) is -0.842. The molecule has 0 bridgehead atoms. The highest BCUT2D eigenvalue weighted by Gasteiger charge is 2.24. The van der Waals surface area contributed by atoms with Gasteiger partial charge in [-0.05, 0) is 26.7 Å². The number of aryl methyl sites for hydroxylation is 2. The van der Waals surface area contributed by atoms with Crippen molar-refractivity contribution in [2.45, 2.75) is 66.0 Å². The van der Waals surface area contributed by atoms with Crippen molar-refractivity contribution in [2.75, 3.05) is 0 Å². The van der Waals surface area contributed by atoms with E-state index in [1.54, 1.807) is 11.6 Å². The second kappa shape index (κ2) is 7.81. The Bertz CT molecular complexity index is 509. The number of aliphatic carboxylic acids is 1. The van der Waals surface area contributed by atoms with Crippen molar-refractivity contribution in [1.29, 1.82) is 0 Å². The van der Waals surface area contributed by atoms with Crippen molar-refractivity contribution in [2.24, 2.45) is 0 Å². The summed E-state index contributed by atoms with van der Waals surface area (Å²) in [6.07, 6.45) is 3.03. The zero-order chi connectivity index (χ0) is 16.0. The fourth-order valence-corrected chi connectivity index (χ4v) is 2.35. The van der Waals surface area contributed by atoms with Crippen molar-refractivity contribution in [3.63, 3.8) is 0 Å². The van der Waals surface area contributed by atoms with Gasteiger partial charge in [0.1, 0.15) is 6.04 Å². The number of carboxylic acid groups (broad SMARTS) is 1. The van der Waals surface area contributed by atoms with Gasteiger partial charge < -0.3 is 10.4 Å². The number of rotatable bonds is 8. The van der Waals surface area contributed by atoms with Crippen LogP contribution in [0.25, 0.3) is 0 Å². The predicted molar refractivity (Wildman–Crippen MR) is 80.4 cm³/mol. The van der Waals surface area contributed by atoms with Crippen LogP contribution in [-0.2, 0) is 11.3 Å². The zero-order valence-corrected chi connectivity index (χ0v) is 13.3. The highest BCUT2D eigenvalue weighted by Crippen LogP contribution is 2.14. The maximum Gasteiger partial charge on any atom is 0.326 e. The molecule has 0 aliphatic carbocycles. The molecule has 1 aromatic rings. The van der Waals surface area contributed by atoms with Crippen LogP contribution in [0.15, 0.2) is 0 Å². The van der Waals surface area contributed by atoms with Crippen LogP contribution in [0, 0.1) is 13.8 Å². The lowest BCUT2D eigenvalue weighted by molar-refractivity contribution is -0.139. The van der Waals surface area contributed by atoms with Crippen LogP contribution in [0.1, 0.15) is 61.3 Å². The van der Waals surface area contributed by atoms with Gasteiger partial charge in [0.25, 0.3) is 5.91 Å². The molecule has 0 unspecified atom stereocenters. The molecule has 0 aliphatic heterocycles. The smallest absolute Gasteiger partial charge is 0.326 e. The van der Waals surface area contributed by atoms with Crippen molar-refractivity contribution < 1.29 is 14.7 Å². The van der Waals surface area contributed by atoms with Crippen LogP contribution in [-0.4, -0.2) is 32.8 Å². The van der Waals surface area contributed by atoms with Crippen LogP contribution in [0.3, 0.4) is 0 Å². The van der Waals surface area contributed by atoms with E-state index < -0.39 is 12.0 Å². The van der Waals surface area contributed by atoms with E-state index >= 15 is 0 Å². The van der Waals surface area contributed by atoms with Crippen molar-refractivity contribution in [1.82, 2.24) is 15.1 Å². The summed E-state index contributed by atoms with van der Waals surface area (Å²) < 4.78 is 1.80. The Morgan fingerprint density at radius 3 is 2.48 bits per heavy atom. The van der Waals surface area contributed by atoms with E-state index in [9.17, 15) is 14.7 Å². The average molecular weight is 295 g/mol. The topological polar surface area (TPSA) is 84.2 Å². The van der Waals surface area contributed by atoms with Gasteiger partial charge in [0.2, 0.25) is 0 Å². The highest BCUT2D eigenvalue weighted by molar-refractivity contribution is 5.98. The Labute approximate surface area is 125 Å². The number of aromatic nitrogens is 2. The molecule has 0 radical (unpaired) electrons. The number of carbonyl (C=O) groups excluding carboxylic acids is 1. The van der Waals surface area contributed by atoms with Crippen LogP contribution in [0.4, 0.5) is 0 Å². The molecule has 6 nitrogen and oxygen atoms in total. The highest BCUT2D eigenvalue weighted by atomic mass is 16.4. The van der Waals surface area contributed by atoms with E-state index in [0.717, 1.165) is 31.5 Å². The molecular formula is C15H25N3O3. The first kappa shape index (κ1) is 17.2. The number of unbranched alkanes of at least 4 members (excludes halogenated alkanes) is 1. The van der Waals surface area contributed by atoms with Gasteiger partial charge in [-0.2, -0.15) is 5.10 Å². The molecule has 1 aromatic heterocycles. The minimum absolute atomic E-state index is 0.351. The third-order valence-corrected chi connectivity index (χ3v) is 3.49. The summed E-state index contributed by atoms with van der Waals surface area (Å²) in [5, 5.41) is 16.1. The number of nitrogens with one attached hydrogen (secondary N) is 1. The quantitative estimate of drug-likeness (QED) is 0.770.